The third kappa shape index (κ3) is 3.84. The van der Waals surface area contributed by atoms with Gasteiger partial charge in [-0.05, 0) is 42.0 Å². The van der Waals surface area contributed by atoms with Crippen LogP contribution in [0, 0.1) is 0 Å². The van der Waals surface area contributed by atoms with Crippen LogP contribution in [-0.2, 0) is 13.0 Å². The van der Waals surface area contributed by atoms with Gasteiger partial charge in [0.15, 0.2) is 0 Å². The predicted molar refractivity (Wildman–Crippen MR) is 89.9 cm³/mol. The predicted octanol–water partition coefficient (Wildman–Crippen LogP) is 5.18. The first-order valence-corrected chi connectivity index (χ1v) is 7.91. The van der Waals surface area contributed by atoms with Crippen LogP contribution in [-0.4, -0.2) is 10.2 Å². The molecular weight excluding hydrogens is 335 g/mol. The zero-order valence-corrected chi connectivity index (χ0v) is 13.9. The molecule has 1 aromatic heterocycles. The van der Waals surface area contributed by atoms with Crippen LogP contribution in [0.2, 0.25) is 10.0 Å². The first-order chi connectivity index (χ1) is 11.2. The van der Waals surface area contributed by atoms with Gasteiger partial charge in [0, 0.05) is 12.0 Å². The molecule has 0 N–H and O–H groups in total. The van der Waals surface area contributed by atoms with Gasteiger partial charge >= 0.3 is 0 Å². The summed E-state index contributed by atoms with van der Waals surface area (Å²) >= 11 is 11.9. The Labute approximate surface area is 144 Å². The highest BCUT2D eigenvalue weighted by Crippen LogP contribution is 2.25. The van der Waals surface area contributed by atoms with Gasteiger partial charge < -0.3 is 9.15 Å². The Balaban J connectivity index is 1.66. The number of nitrogens with zero attached hydrogens (tertiary/aromatic N) is 2. The maximum atomic E-state index is 5.99. The van der Waals surface area contributed by atoms with E-state index in [1.807, 2.05) is 37.3 Å². The van der Waals surface area contributed by atoms with Crippen molar-refractivity contribution >= 4 is 23.2 Å². The zero-order valence-electron chi connectivity index (χ0n) is 12.4. The van der Waals surface area contributed by atoms with Crippen LogP contribution in [0.1, 0.15) is 18.4 Å². The Bertz CT molecular complexity index is 801. The zero-order chi connectivity index (χ0) is 16.2. The molecule has 0 amide bonds. The highest BCUT2D eigenvalue weighted by atomic mass is 35.5. The van der Waals surface area contributed by atoms with Gasteiger partial charge in [0.1, 0.15) is 12.4 Å². The van der Waals surface area contributed by atoms with Gasteiger partial charge in [-0.2, -0.15) is 0 Å². The number of aryl methyl sites for hydroxylation is 1. The van der Waals surface area contributed by atoms with Crippen molar-refractivity contribution in [2.24, 2.45) is 0 Å². The van der Waals surface area contributed by atoms with Crippen LogP contribution in [0.3, 0.4) is 0 Å². The minimum Gasteiger partial charge on any atom is -0.489 e. The number of rotatable bonds is 5. The van der Waals surface area contributed by atoms with Crippen LogP contribution in [0.4, 0.5) is 0 Å². The number of ether oxygens (including phenoxy) is 1. The van der Waals surface area contributed by atoms with Crippen molar-refractivity contribution in [2.45, 2.75) is 20.0 Å². The molecule has 0 aliphatic carbocycles. The van der Waals surface area contributed by atoms with Gasteiger partial charge in [-0.25, -0.2) is 0 Å². The molecule has 3 aromatic rings. The molecule has 0 radical (unpaired) electrons. The summed E-state index contributed by atoms with van der Waals surface area (Å²) in [6, 6.07) is 12.9. The van der Waals surface area contributed by atoms with Crippen LogP contribution < -0.4 is 4.74 Å². The van der Waals surface area contributed by atoms with E-state index in [0.717, 1.165) is 23.3 Å². The molecule has 4 nitrogen and oxygen atoms in total. The van der Waals surface area contributed by atoms with Gasteiger partial charge in [-0.3, -0.25) is 0 Å². The molecule has 118 valence electrons. The summed E-state index contributed by atoms with van der Waals surface area (Å²) in [6.07, 6.45) is 0.720. The maximum absolute atomic E-state index is 5.99. The lowest BCUT2D eigenvalue weighted by atomic mass is 10.2. The molecule has 0 saturated heterocycles. The van der Waals surface area contributed by atoms with E-state index >= 15 is 0 Å². The summed E-state index contributed by atoms with van der Waals surface area (Å²) in [6.45, 7) is 2.38. The molecule has 23 heavy (non-hydrogen) atoms. The third-order valence-corrected chi connectivity index (χ3v) is 4.00. The first-order valence-electron chi connectivity index (χ1n) is 7.15. The summed E-state index contributed by atoms with van der Waals surface area (Å²) in [5.74, 6) is 1.88. The number of aromatic nitrogens is 2. The van der Waals surface area contributed by atoms with Gasteiger partial charge in [-0.15, -0.1) is 10.2 Å². The molecule has 0 saturated carbocycles. The number of hydrogen-bond donors (Lipinski definition) is 0. The second-order valence-electron chi connectivity index (χ2n) is 4.92. The molecular formula is C17H14Cl2N2O2. The van der Waals surface area contributed by atoms with E-state index < -0.39 is 0 Å². The molecule has 2 aromatic carbocycles. The Morgan fingerprint density at radius 1 is 1.00 bits per heavy atom. The van der Waals surface area contributed by atoms with Crippen LogP contribution in [0.5, 0.6) is 5.75 Å². The molecule has 0 fully saturated rings. The molecule has 0 spiro atoms. The van der Waals surface area contributed by atoms with Crippen molar-refractivity contribution < 1.29 is 9.15 Å². The van der Waals surface area contributed by atoms with E-state index in [-0.39, 0.29) is 0 Å². The Kier molecular flexibility index (Phi) is 4.84. The molecule has 0 aliphatic rings. The van der Waals surface area contributed by atoms with Gasteiger partial charge in [-0.1, -0.05) is 36.2 Å². The summed E-state index contributed by atoms with van der Waals surface area (Å²) in [5, 5.41) is 9.02. The second-order valence-corrected chi connectivity index (χ2v) is 5.73. The smallest absolute Gasteiger partial charge is 0.247 e. The molecule has 3 rings (SSSR count). The minimum atomic E-state index is 0.413. The Morgan fingerprint density at radius 2 is 1.78 bits per heavy atom. The van der Waals surface area contributed by atoms with Gasteiger partial charge in [0.05, 0.1) is 10.0 Å². The lowest BCUT2D eigenvalue weighted by molar-refractivity contribution is 0.306. The Hall–Kier alpha value is -2.04. The Morgan fingerprint density at radius 3 is 2.43 bits per heavy atom. The summed E-state index contributed by atoms with van der Waals surface area (Å²) in [5.41, 5.74) is 1.81. The molecule has 0 bridgehead atoms. The van der Waals surface area contributed by atoms with Crippen molar-refractivity contribution in [3.8, 4) is 17.2 Å². The van der Waals surface area contributed by atoms with E-state index in [2.05, 4.69) is 10.2 Å². The number of hydrogen-bond acceptors (Lipinski definition) is 4. The highest BCUT2D eigenvalue weighted by molar-refractivity contribution is 6.42. The SMILES string of the molecule is CCc1nnc(-c2ccc(OCc3ccc(Cl)c(Cl)c3)cc2)o1. The fourth-order valence-corrected chi connectivity index (χ4v) is 2.32. The standard InChI is InChI=1S/C17H14Cl2N2O2/c1-2-16-20-21-17(23-16)12-4-6-13(7-5-12)22-10-11-3-8-14(18)15(19)9-11/h3-9H,2,10H2,1H3. The maximum Gasteiger partial charge on any atom is 0.247 e. The van der Waals surface area contributed by atoms with E-state index in [0.29, 0.717) is 28.4 Å². The fourth-order valence-electron chi connectivity index (χ4n) is 2.00. The molecule has 0 aliphatic heterocycles. The number of benzene rings is 2. The molecule has 1 heterocycles. The lowest BCUT2D eigenvalue weighted by Gasteiger charge is -2.07. The molecule has 0 atom stereocenters. The minimum absolute atomic E-state index is 0.413. The van der Waals surface area contributed by atoms with Crippen LogP contribution in [0.15, 0.2) is 46.9 Å². The number of halogens is 2. The summed E-state index contributed by atoms with van der Waals surface area (Å²) in [4.78, 5) is 0. The lowest BCUT2D eigenvalue weighted by Crippen LogP contribution is -1.95. The normalized spacial score (nSPS) is 10.7. The van der Waals surface area contributed by atoms with Crippen molar-refractivity contribution in [3.63, 3.8) is 0 Å². The molecule has 6 heteroatoms. The first kappa shape index (κ1) is 15.8. The largest absolute Gasteiger partial charge is 0.489 e. The van der Waals surface area contributed by atoms with Crippen LogP contribution in [0.25, 0.3) is 11.5 Å². The van der Waals surface area contributed by atoms with Gasteiger partial charge in [0.25, 0.3) is 0 Å². The topological polar surface area (TPSA) is 48.2 Å². The van der Waals surface area contributed by atoms with Crippen molar-refractivity contribution in [1.82, 2.24) is 10.2 Å². The monoisotopic (exact) mass is 348 g/mol. The van der Waals surface area contributed by atoms with Crippen LogP contribution >= 0.6 is 23.2 Å². The van der Waals surface area contributed by atoms with Crippen molar-refractivity contribution in [3.05, 3.63) is 64.0 Å². The van der Waals surface area contributed by atoms with E-state index in [9.17, 15) is 0 Å². The third-order valence-electron chi connectivity index (χ3n) is 3.26. The highest BCUT2D eigenvalue weighted by Gasteiger charge is 2.07. The summed E-state index contributed by atoms with van der Waals surface area (Å²) < 4.78 is 11.3. The van der Waals surface area contributed by atoms with Crippen molar-refractivity contribution in [2.75, 3.05) is 0 Å². The average molecular weight is 349 g/mol. The average Bonchev–Trinajstić information content (AvgIpc) is 3.05. The van der Waals surface area contributed by atoms with E-state index in [1.165, 1.54) is 0 Å². The van der Waals surface area contributed by atoms with E-state index in [4.69, 9.17) is 32.4 Å². The van der Waals surface area contributed by atoms with Gasteiger partial charge in [0.2, 0.25) is 11.8 Å². The van der Waals surface area contributed by atoms with E-state index in [1.54, 1.807) is 12.1 Å². The summed E-state index contributed by atoms with van der Waals surface area (Å²) in [7, 11) is 0. The quantitative estimate of drug-likeness (QED) is 0.636. The second kappa shape index (κ2) is 7.02. The molecule has 0 unspecified atom stereocenters. The van der Waals surface area contributed by atoms with Crippen molar-refractivity contribution in [1.29, 1.82) is 0 Å². The fraction of sp³-hybridized carbons (Fsp3) is 0.176.